The number of carbonyl (C=O) groups is 2. The first-order valence-electron chi connectivity index (χ1n) is 12.3. The number of halogens is 3. The lowest BCUT2D eigenvalue weighted by Gasteiger charge is -2.35. The third-order valence-electron chi connectivity index (χ3n) is 5.95. The molecule has 198 valence electrons. The topological polar surface area (TPSA) is 61.8 Å². The third kappa shape index (κ3) is 8.08. The monoisotopic (exact) mass is 508 g/mol. The lowest BCUT2D eigenvalue weighted by Crippen LogP contribution is -2.53. The molecule has 0 saturated carbocycles. The molecule has 0 aromatic heterocycles. The first kappa shape index (κ1) is 29.4. The van der Waals surface area contributed by atoms with E-state index in [1.54, 1.807) is 13.0 Å². The molecule has 36 heavy (non-hydrogen) atoms. The van der Waals surface area contributed by atoms with Crippen molar-refractivity contribution in [3.05, 3.63) is 72.4 Å². The SMILES string of the molecule is CC[C@@H]1OC(=O)CCCC/C=C\C/C=C\C/C=C\C[C@@H]1OC(=O)[C@@](OC)(c1ccccc1)C(F)(F)F. The lowest BCUT2D eigenvalue weighted by atomic mass is 9.92. The molecule has 0 aliphatic carbocycles. The Morgan fingerprint density at radius 2 is 1.64 bits per heavy atom. The molecule has 3 atom stereocenters. The van der Waals surface area contributed by atoms with Gasteiger partial charge in [0.05, 0.1) is 0 Å². The molecule has 8 heteroatoms. The fourth-order valence-corrected chi connectivity index (χ4v) is 3.95. The van der Waals surface area contributed by atoms with Crippen LogP contribution in [0.1, 0.15) is 63.9 Å². The average Bonchev–Trinajstić information content (AvgIpc) is 2.85. The predicted molar refractivity (Wildman–Crippen MR) is 131 cm³/mol. The summed E-state index contributed by atoms with van der Waals surface area (Å²) in [7, 11) is 0.821. The molecule has 1 aromatic rings. The zero-order valence-corrected chi connectivity index (χ0v) is 20.8. The average molecular weight is 509 g/mol. The predicted octanol–water partition coefficient (Wildman–Crippen LogP) is 6.74. The normalized spacial score (nSPS) is 25.0. The number of benzene rings is 1. The van der Waals surface area contributed by atoms with Crippen molar-refractivity contribution in [2.24, 2.45) is 0 Å². The van der Waals surface area contributed by atoms with Crippen molar-refractivity contribution in [2.75, 3.05) is 7.11 Å². The second-order valence-electron chi connectivity index (χ2n) is 8.50. The van der Waals surface area contributed by atoms with E-state index in [0.717, 1.165) is 38.5 Å². The van der Waals surface area contributed by atoms with Gasteiger partial charge in [-0.25, -0.2) is 4.79 Å². The number of esters is 2. The number of carbonyl (C=O) groups excluding carboxylic acids is 2. The Morgan fingerprint density at radius 1 is 1.00 bits per heavy atom. The standard InChI is InChI=1S/C28H35F3O5/c1-3-23-24(20-16-11-9-7-5-4-6-8-10-12-17-21-25(32)35-23)36-26(33)27(34-2,28(29,30)31)22-18-14-13-15-19-22/h5-8,11,13-16,18-19,23-24H,3-4,9-10,12,17,20-21H2,1-2H3/b7-5-,8-6-,16-11-/t23-,24-,27-/m0/s1. The van der Waals surface area contributed by atoms with Gasteiger partial charge < -0.3 is 14.2 Å². The van der Waals surface area contributed by atoms with Gasteiger partial charge in [-0.05, 0) is 38.5 Å². The Bertz CT molecular complexity index is 908. The van der Waals surface area contributed by atoms with Gasteiger partial charge in [-0.2, -0.15) is 13.2 Å². The summed E-state index contributed by atoms with van der Waals surface area (Å²) < 4.78 is 58.8. The highest BCUT2D eigenvalue weighted by Crippen LogP contribution is 2.43. The highest BCUT2D eigenvalue weighted by Gasteiger charge is 2.64. The molecule has 1 heterocycles. The number of methoxy groups -OCH3 is 1. The van der Waals surface area contributed by atoms with Crippen LogP contribution >= 0.6 is 0 Å². The first-order valence-corrected chi connectivity index (χ1v) is 12.3. The molecule has 0 bridgehead atoms. The van der Waals surface area contributed by atoms with Crippen molar-refractivity contribution in [1.29, 1.82) is 0 Å². The number of cyclic esters (lactones) is 1. The van der Waals surface area contributed by atoms with Crippen molar-refractivity contribution in [1.82, 2.24) is 0 Å². The van der Waals surface area contributed by atoms with E-state index in [1.165, 1.54) is 18.2 Å². The van der Waals surface area contributed by atoms with Crippen LogP contribution < -0.4 is 0 Å². The van der Waals surface area contributed by atoms with Crippen molar-refractivity contribution >= 4 is 11.9 Å². The lowest BCUT2D eigenvalue weighted by molar-refractivity contribution is -0.279. The Morgan fingerprint density at radius 3 is 2.25 bits per heavy atom. The van der Waals surface area contributed by atoms with Crippen molar-refractivity contribution in [2.45, 2.75) is 82.3 Å². The molecule has 5 nitrogen and oxygen atoms in total. The summed E-state index contributed by atoms with van der Waals surface area (Å²) in [6.45, 7) is 1.73. The number of alkyl halides is 3. The van der Waals surface area contributed by atoms with Gasteiger partial charge in [-0.15, -0.1) is 0 Å². The largest absolute Gasteiger partial charge is 0.458 e. The fraction of sp³-hybridized carbons (Fsp3) is 0.500. The van der Waals surface area contributed by atoms with E-state index >= 15 is 0 Å². The molecule has 0 saturated heterocycles. The summed E-state index contributed by atoms with van der Waals surface area (Å²) in [6, 6.07) is 6.64. The number of hydrogen-bond donors (Lipinski definition) is 0. The molecular weight excluding hydrogens is 473 g/mol. The number of rotatable bonds is 5. The quantitative estimate of drug-likeness (QED) is 0.326. The number of ether oxygens (including phenoxy) is 3. The summed E-state index contributed by atoms with van der Waals surface area (Å²) in [5, 5.41) is 0. The Hall–Kier alpha value is -2.87. The van der Waals surface area contributed by atoms with Gasteiger partial charge in [0.15, 0.2) is 0 Å². The Labute approximate surface area is 211 Å². The minimum atomic E-state index is -5.09. The molecule has 0 radical (unpaired) electrons. The minimum absolute atomic E-state index is 0.0811. The molecule has 0 fully saturated rings. The molecule has 1 aliphatic heterocycles. The summed E-state index contributed by atoms with van der Waals surface area (Å²) in [6.07, 6.45) is 8.76. The van der Waals surface area contributed by atoms with Crippen LogP contribution in [0.5, 0.6) is 0 Å². The van der Waals surface area contributed by atoms with Gasteiger partial charge in [-0.1, -0.05) is 73.7 Å². The molecule has 2 rings (SSSR count). The first-order chi connectivity index (χ1) is 17.3. The Kier molecular flexibility index (Phi) is 11.9. The smallest absolute Gasteiger partial charge is 0.432 e. The zero-order chi connectivity index (χ0) is 26.4. The van der Waals surface area contributed by atoms with Crippen LogP contribution in [0, 0.1) is 0 Å². The maximum absolute atomic E-state index is 14.3. The molecule has 1 aromatic carbocycles. The van der Waals surface area contributed by atoms with Crippen LogP contribution in [-0.4, -0.2) is 37.4 Å². The van der Waals surface area contributed by atoms with Gasteiger partial charge in [0, 0.05) is 25.5 Å². The van der Waals surface area contributed by atoms with E-state index in [9.17, 15) is 22.8 Å². The van der Waals surface area contributed by atoms with E-state index in [1.807, 2.05) is 18.2 Å². The van der Waals surface area contributed by atoms with Crippen molar-refractivity contribution < 1.29 is 37.0 Å². The highest BCUT2D eigenvalue weighted by molar-refractivity contribution is 5.83. The summed E-state index contributed by atoms with van der Waals surface area (Å²) in [4.78, 5) is 25.7. The summed E-state index contributed by atoms with van der Waals surface area (Å²) in [5.41, 5.74) is -3.71. The summed E-state index contributed by atoms with van der Waals surface area (Å²) in [5.74, 6) is -2.08. The molecular formula is C28H35F3O5. The van der Waals surface area contributed by atoms with Crippen molar-refractivity contribution in [3.8, 4) is 0 Å². The van der Waals surface area contributed by atoms with Gasteiger partial charge in [0.1, 0.15) is 12.2 Å². The highest BCUT2D eigenvalue weighted by atomic mass is 19.4. The van der Waals surface area contributed by atoms with Gasteiger partial charge in [0.2, 0.25) is 0 Å². The van der Waals surface area contributed by atoms with Crippen LogP contribution in [0.3, 0.4) is 0 Å². The molecule has 1 aliphatic rings. The van der Waals surface area contributed by atoms with E-state index in [4.69, 9.17) is 14.2 Å². The molecule has 0 amide bonds. The maximum Gasteiger partial charge on any atom is 0.432 e. The van der Waals surface area contributed by atoms with Crippen LogP contribution in [0.4, 0.5) is 13.2 Å². The summed E-state index contributed by atoms with van der Waals surface area (Å²) >= 11 is 0. The van der Waals surface area contributed by atoms with Gasteiger partial charge in [0.25, 0.3) is 5.60 Å². The second kappa shape index (κ2) is 14.6. The van der Waals surface area contributed by atoms with Crippen molar-refractivity contribution in [3.63, 3.8) is 0 Å². The van der Waals surface area contributed by atoms with Crippen LogP contribution in [-0.2, 0) is 29.4 Å². The van der Waals surface area contributed by atoms with Gasteiger partial charge >= 0.3 is 18.1 Å². The Balaban J connectivity index is 2.35. The fourth-order valence-electron chi connectivity index (χ4n) is 3.95. The third-order valence-corrected chi connectivity index (χ3v) is 5.95. The molecule has 0 unspecified atom stereocenters. The molecule has 0 spiro atoms. The van der Waals surface area contributed by atoms with E-state index in [2.05, 4.69) is 12.2 Å². The van der Waals surface area contributed by atoms with Crippen LogP contribution in [0.2, 0.25) is 0 Å². The molecule has 0 N–H and O–H groups in total. The second-order valence-corrected chi connectivity index (χ2v) is 8.50. The number of hydrogen-bond acceptors (Lipinski definition) is 5. The van der Waals surface area contributed by atoms with Crippen LogP contribution in [0.25, 0.3) is 0 Å². The van der Waals surface area contributed by atoms with E-state index in [0.29, 0.717) is 12.8 Å². The minimum Gasteiger partial charge on any atom is -0.458 e. The van der Waals surface area contributed by atoms with Gasteiger partial charge in [-0.3, -0.25) is 4.79 Å². The van der Waals surface area contributed by atoms with Crippen LogP contribution in [0.15, 0.2) is 66.8 Å². The van der Waals surface area contributed by atoms with E-state index < -0.39 is 41.5 Å². The van der Waals surface area contributed by atoms with E-state index in [-0.39, 0.29) is 19.3 Å². The zero-order valence-electron chi connectivity index (χ0n) is 20.8. The maximum atomic E-state index is 14.3. The number of allylic oxidation sites excluding steroid dienone is 5.